The second-order valence-electron chi connectivity index (χ2n) is 3.06. The highest BCUT2D eigenvalue weighted by atomic mass is 16.3. The summed E-state index contributed by atoms with van der Waals surface area (Å²) in [6.07, 6.45) is 0. The van der Waals surface area contributed by atoms with Crippen molar-refractivity contribution in [3.8, 4) is 5.75 Å². The topological polar surface area (TPSA) is 94.8 Å². The molecule has 1 aromatic carbocycles. The normalized spacial score (nSPS) is 15.5. The first-order chi connectivity index (χ1) is 7.04. The lowest BCUT2D eigenvalue weighted by Gasteiger charge is -2.14. The van der Waals surface area contributed by atoms with E-state index in [0.29, 0.717) is 0 Å². The first-order valence-corrected chi connectivity index (χ1v) is 4.07. The predicted octanol–water partition coefficient (Wildman–Crippen LogP) is 0.942. The van der Waals surface area contributed by atoms with Crippen molar-refractivity contribution in [3.63, 3.8) is 0 Å². The molecule has 0 fully saturated rings. The van der Waals surface area contributed by atoms with Crippen molar-refractivity contribution in [1.82, 2.24) is 0 Å². The zero-order chi connectivity index (χ0) is 11.2. The van der Waals surface area contributed by atoms with Gasteiger partial charge in [-0.25, -0.2) is 0 Å². The van der Waals surface area contributed by atoms with E-state index in [-0.39, 0.29) is 11.1 Å². The van der Waals surface area contributed by atoms with Crippen molar-refractivity contribution < 1.29 is 24.9 Å². The van der Waals surface area contributed by atoms with Gasteiger partial charge in [0, 0.05) is 5.56 Å². The maximum Gasteiger partial charge on any atom is 0.271 e. The molecule has 15 heavy (non-hydrogen) atoms. The van der Waals surface area contributed by atoms with Crippen molar-refractivity contribution in [2.24, 2.45) is 0 Å². The SMILES string of the molecule is O=C1C(=O)c2c(O)cccc2C(O)=C1O. The molecule has 0 radical (unpaired) electrons. The zero-order valence-corrected chi connectivity index (χ0v) is 7.39. The molecule has 0 amide bonds. The van der Waals surface area contributed by atoms with Gasteiger partial charge in [0.1, 0.15) is 5.75 Å². The number of aliphatic hydroxyl groups excluding tert-OH is 2. The van der Waals surface area contributed by atoms with Gasteiger partial charge < -0.3 is 15.3 Å². The summed E-state index contributed by atoms with van der Waals surface area (Å²) in [5.74, 6) is -4.33. The van der Waals surface area contributed by atoms with Gasteiger partial charge in [0.15, 0.2) is 5.76 Å². The number of allylic oxidation sites excluding steroid dienone is 1. The Morgan fingerprint density at radius 2 is 1.53 bits per heavy atom. The number of hydrogen-bond donors (Lipinski definition) is 3. The fourth-order valence-corrected chi connectivity index (χ4v) is 1.43. The van der Waals surface area contributed by atoms with Gasteiger partial charge in [-0.3, -0.25) is 9.59 Å². The smallest absolute Gasteiger partial charge is 0.271 e. The number of phenolic OH excluding ortho intramolecular Hbond substituents is 1. The summed E-state index contributed by atoms with van der Waals surface area (Å²) >= 11 is 0. The molecule has 0 saturated heterocycles. The van der Waals surface area contributed by atoms with Crippen LogP contribution in [0, 0.1) is 0 Å². The number of carbonyl (C=O) groups excluding carboxylic acids is 2. The van der Waals surface area contributed by atoms with E-state index in [1.807, 2.05) is 0 Å². The number of ketones is 2. The molecule has 0 unspecified atom stereocenters. The van der Waals surface area contributed by atoms with Crippen LogP contribution in [-0.2, 0) is 4.79 Å². The second-order valence-corrected chi connectivity index (χ2v) is 3.06. The van der Waals surface area contributed by atoms with Crippen LogP contribution in [0.25, 0.3) is 5.76 Å². The van der Waals surface area contributed by atoms with Crippen molar-refractivity contribution in [2.45, 2.75) is 0 Å². The fourth-order valence-electron chi connectivity index (χ4n) is 1.43. The lowest BCUT2D eigenvalue weighted by atomic mass is 9.92. The Hall–Kier alpha value is -2.30. The molecule has 5 heteroatoms. The third kappa shape index (κ3) is 1.10. The van der Waals surface area contributed by atoms with Crippen LogP contribution >= 0.6 is 0 Å². The molecule has 3 N–H and O–H groups in total. The monoisotopic (exact) mass is 206 g/mol. The molecule has 5 nitrogen and oxygen atoms in total. The van der Waals surface area contributed by atoms with Crippen LogP contribution < -0.4 is 0 Å². The van der Waals surface area contributed by atoms with Crippen molar-refractivity contribution in [3.05, 3.63) is 35.1 Å². The largest absolute Gasteiger partial charge is 0.507 e. The summed E-state index contributed by atoms with van der Waals surface area (Å²) in [7, 11) is 0. The molecule has 1 aliphatic rings. The molecule has 0 atom stereocenters. The Balaban J connectivity index is 2.84. The van der Waals surface area contributed by atoms with E-state index < -0.39 is 28.8 Å². The van der Waals surface area contributed by atoms with Gasteiger partial charge >= 0.3 is 0 Å². The lowest BCUT2D eigenvalue weighted by molar-refractivity contribution is -0.114. The number of fused-ring (bicyclic) bond motifs is 1. The van der Waals surface area contributed by atoms with Crippen LogP contribution in [0.3, 0.4) is 0 Å². The average molecular weight is 206 g/mol. The van der Waals surface area contributed by atoms with Crippen molar-refractivity contribution >= 4 is 17.3 Å². The van der Waals surface area contributed by atoms with Crippen molar-refractivity contribution in [1.29, 1.82) is 0 Å². The number of phenols is 1. The molecular weight excluding hydrogens is 200 g/mol. The number of hydrogen-bond acceptors (Lipinski definition) is 5. The van der Waals surface area contributed by atoms with Crippen LogP contribution in [0.2, 0.25) is 0 Å². The molecule has 0 spiro atoms. The highest BCUT2D eigenvalue weighted by molar-refractivity contribution is 6.52. The van der Waals surface area contributed by atoms with E-state index in [0.717, 1.165) is 0 Å². The zero-order valence-electron chi connectivity index (χ0n) is 7.39. The van der Waals surface area contributed by atoms with Crippen LogP contribution in [0.5, 0.6) is 5.75 Å². The van der Waals surface area contributed by atoms with E-state index >= 15 is 0 Å². The summed E-state index contributed by atoms with van der Waals surface area (Å²) in [5, 5.41) is 27.9. The number of rotatable bonds is 0. The minimum absolute atomic E-state index is 0.0444. The molecule has 0 bridgehead atoms. The van der Waals surface area contributed by atoms with Gasteiger partial charge in [0.05, 0.1) is 5.56 Å². The van der Waals surface area contributed by atoms with E-state index in [1.165, 1.54) is 18.2 Å². The minimum atomic E-state index is -1.22. The molecule has 0 aliphatic heterocycles. The van der Waals surface area contributed by atoms with E-state index in [2.05, 4.69) is 0 Å². The van der Waals surface area contributed by atoms with Gasteiger partial charge in [0.2, 0.25) is 11.5 Å². The molecular formula is C10H6O5. The van der Waals surface area contributed by atoms with E-state index in [1.54, 1.807) is 0 Å². The highest BCUT2D eigenvalue weighted by Gasteiger charge is 2.34. The number of aromatic hydroxyl groups is 1. The average Bonchev–Trinajstić information content (AvgIpc) is 2.23. The maximum absolute atomic E-state index is 11.4. The number of aliphatic hydroxyl groups is 2. The standard InChI is InChI=1S/C10H6O5/c11-5-3-1-2-4-6(5)8(13)10(15)9(14)7(4)12/h1-3,11-12,14H. The van der Waals surface area contributed by atoms with Gasteiger partial charge in [-0.1, -0.05) is 12.1 Å². The Kier molecular flexibility index (Phi) is 1.76. The summed E-state index contributed by atoms with van der Waals surface area (Å²) in [6, 6.07) is 3.94. The minimum Gasteiger partial charge on any atom is -0.507 e. The summed E-state index contributed by atoms with van der Waals surface area (Å²) in [5.41, 5.74) is -0.324. The molecule has 1 aliphatic carbocycles. The van der Waals surface area contributed by atoms with Crippen molar-refractivity contribution in [2.75, 3.05) is 0 Å². The molecule has 0 heterocycles. The Morgan fingerprint density at radius 3 is 2.20 bits per heavy atom. The number of carbonyl (C=O) groups is 2. The molecule has 1 aromatic rings. The quantitative estimate of drug-likeness (QED) is 0.549. The first-order valence-electron chi connectivity index (χ1n) is 4.07. The molecule has 2 rings (SSSR count). The Morgan fingerprint density at radius 1 is 0.867 bits per heavy atom. The summed E-state index contributed by atoms with van der Waals surface area (Å²) in [4.78, 5) is 22.5. The maximum atomic E-state index is 11.4. The second kappa shape index (κ2) is 2.84. The van der Waals surface area contributed by atoms with Gasteiger partial charge in [-0.15, -0.1) is 0 Å². The summed E-state index contributed by atoms with van der Waals surface area (Å²) < 4.78 is 0. The third-order valence-electron chi connectivity index (χ3n) is 2.17. The van der Waals surface area contributed by atoms with Gasteiger partial charge in [0.25, 0.3) is 5.78 Å². The van der Waals surface area contributed by atoms with Crippen LogP contribution in [0.15, 0.2) is 24.0 Å². The highest BCUT2D eigenvalue weighted by Crippen LogP contribution is 2.31. The molecule has 0 saturated carbocycles. The molecule has 0 aromatic heterocycles. The fraction of sp³-hybridized carbons (Fsp3) is 0. The van der Waals surface area contributed by atoms with Gasteiger partial charge in [-0.05, 0) is 6.07 Å². The van der Waals surface area contributed by atoms with E-state index in [4.69, 9.17) is 5.11 Å². The van der Waals surface area contributed by atoms with Gasteiger partial charge in [-0.2, -0.15) is 0 Å². The first kappa shape index (κ1) is 9.26. The van der Waals surface area contributed by atoms with Crippen LogP contribution in [0.1, 0.15) is 15.9 Å². The predicted molar refractivity (Wildman–Crippen MR) is 49.6 cm³/mol. The molecule has 76 valence electrons. The van der Waals surface area contributed by atoms with Crippen LogP contribution in [-0.4, -0.2) is 26.9 Å². The third-order valence-corrected chi connectivity index (χ3v) is 2.17. The summed E-state index contributed by atoms with van der Waals surface area (Å²) in [6.45, 7) is 0. The van der Waals surface area contributed by atoms with Crippen LogP contribution in [0.4, 0.5) is 0 Å². The number of Topliss-reactive ketones (excluding diaryl/α,β-unsaturated/α-hetero) is 2. The Bertz CT molecular complexity index is 513. The lowest BCUT2D eigenvalue weighted by Crippen LogP contribution is -2.23. The van der Waals surface area contributed by atoms with E-state index in [9.17, 15) is 19.8 Å². The Labute approximate surface area is 83.9 Å². The number of benzene rings is 1.